The van der Waals surface area contributed by atoms with Crippen LogP contribution in [0.25, 0.3) is 0 Å². The van der Waals surface area contributed by atoms with Crippen LogP contribution in [0.15, 0.2) is 48.5 Å². The number of benzene rings is 2. The molecule has 1 saturated heterocycles. The third-order valence-electron chi connectivity index (χ3n) is 4.73. The van der Waals surface area contributed by atoms with Crippen LogP contribution in [0.5, 0.6) is 5.75 Å². The van der Waals surface area contributed by atoms with Gasteiger partial charge >= 0.3 is 0 Å². The van der Waals surface area contributed by atoms with Gasteiger partial charge in [0.25, 0.3) is 5.91 Å². The maximum Gasteiger partial charge on any atom is 0.253 e. The standard InChI is InChI=1S/C21H23FN2O3/c1-27-19-9-8-16(14-18(19)22)15-20(25)23-10-5-11-24(13-12-23)21(26)17-6-3-2-4-7-17/h2-4,6-9,14H,5,10-13,15H2,1H3. The SMILES string of the molecule is COc1ccc(CC(=O)N2CCCN(C(=O)c3ccccc3)CC2)cc1F. The number of ether oxygens (including phenoxy) is 1. The molecular formula is C21H23FN2O3. The van der Waals surface area contributed by atoms with E-state index in [1.807, 2.05) is 18.2 Å². The molecule has 0 aromatic heterocycles. The smallest absolute Gasteiger partial charge is 0.253 e. The number of halogens is 1. The zero-order valence-electron chi connectivity index (χ0n) is 15.4. The maximum absolute atomic E-state index is 13.8. The van der Waals surface area contributed by atoms with Crippen molar-refractivity contribution in [3.8, 4) is 5.75 Å². The Balaban J connectivity index is 1.59. The largest absolute Gasteiger partial charge is 0.494 e. The number of amides is 2. The zero-order valence-corrected chi connectivity index (χ0v) is 15.4. The Labute approximate surface area is 158 Å². The van der Waals surface area contributed by atoms with Gasteiger partial charge < -0.3 is 14.5 Å². The van der Waals surface area contributed by atoms with E-state index in [1.54, 1.807) is 28.0 Å². The molecule has 0 N–H and O–H groups in total. The monoisotopic (exact) mass is 370 g/mol. The van der Waals surface area contributed by atoms with Crippen LogP contribution in [-0.2, 0) is 11.2 Å². The molecule has 1 heterocycles. The van der Waals surface area contributed by atoms with Crippen LogP contribution in [0, 0.1) is 5.82 Å². The molecule has 1 fully saturated rings. The quantitative estimate of drug-likeness (QED) is 0.832. The predicted octanol–water partition coefficient (Wildman–Crippen LogP) is 2.75. The van der Waals surface area contributed by atoms with Crippen molar-refractivity contribution >= 4 is 11.8 Å². The summed E-state index contributed by atoms with van der Waals surface area (Å²) in [5.74, 6) is -0.384. The van der Waals surface area contributed by atoms with Crippen molar-refractivity contribution in [3.63, 3.8) is 0 Å². The van der Waals surface area contributed by atoms with E-state index in [0.29, 0.717) is 37.3 Å². The average Bonchev–Trinajstić information content (AvgIpc) is 2.94. The Morgan fingerprint density at radius 3 is 2.41 bits per heavy atom. The highest BCUT2D eigenvalue weighted by Crippen LogP contribution is 2.18. The van der Waals surface area contributed by atoms with Gasteiger partial charge in [-0.05, 0) is 36.2 Å². The third-order valence-corrected chi connectivity index (χ3v) is 4.73. The molecule has 0 saturated carbocycles. The van der Waals surface area contributed by atoms with Crippen LogP contribution in [-0.4, -0.2) is 54.9 Å². The molecule has 0 bridgehead atoms. The van der Waals surface area contributed by atoms with E-state index < -0.39 is 5.82 Å². The van der Waals surface area contributed by atoms with E-state index in [0.717, 1.165) is 6.42 Å². The number of rotatable bonds is 4. The van der Waals surface area contributed by atoms with Crippen LogP contribution >= 0.6 is 0 Å². The summed E-state index contributed by atoms with van der Waals surface area (Å²) in [4.78, 5) is 28.7. The normalized spacial score (nSPS) is 14.6. The molecular weight excluding hydrogens is 347 g/mol. The topological polar surface area (TPSA) is 49.9 Å². The van der Waals surface area contributed by atoms with Crippen LogP contribution in [0.2, 0.25) is 0 Å². The molecule has 5 nitrogen and oxygen atoms in total. The maximum atomic E-state index is 13.8. The fraction of sp³-hybridized carbons (Fsp3) is 0.333. The molecule has 2 aromatic rings. The molecule has 3 rings (SSSR count). The number of hydrogen-bond donors (Lipinski definition) is 0. The molecule has 0 aliphatic carbocycles. The summed E-state index contributed by atoms with van der Waals surface area (Å²) in [5, 5.41) is 0. The van der Waals surface area contributed by atoms with Crippen molar-refractivity contribution in [3.05, 3.63) is 65.5 Å². The molecule has 0 radical (unpaired) electrons. The highest BCUT2D eigenvalue weighted by molar-refractivity contribution is 5.94. The van der Waals surface area contributed by atoms with Crippen molar-refractivity contribution in [2.24, 2.45) is 0 Å². The average molecular weight is 370 g/mol. The highest BCUT2D eigenvalue weighted by atomic mass is 19.1. The van der Waals surface area contributed by atoms with Crippen molar-refractivity contribution in [2.75, 3.05) is 33.3 Å². The second-order valence-corrected chi connectivity index (χ2v) is 6.54. The minimum absolute atomic E-state index is 0.0119. The van der Waals surface area contributed by atoms with Gasteiger partial charge in [0.2, 0.25) is 5.91 Å². The van der Waals surface area contributed by atoms with Crippen LogP contribution in [0.3, 0.4) is 0 Å². The molecule has 2 aromatic carbocycles. The molecule has 0 atom stereocenters. The highest BCUT2D eigenvalue weighted by Gasteiger charge is 2.23. The summed E-state index contributed by atoms with van der Waals surface area (Å²) in [6, 6.07) is 13.7. The van der Waals surface area contributed by atoms with Gasteiger partial charge in [-0.25, -0.2) is 4.39 Å². The first-order chi connectivity index (χ1) is 13.1. The summed E-state index contributed by atoms with van der Waals surface area (Å²) in [6.07, 6.45) is 0.856. The van der Waals surface area contributed by atoms with E-state index in [-0.39, 0.29) is 24.0 Å². The molecule has 6 heteroatoms. The Morgan fingerprint density at radius 1 is 1.00 bits per heavy atom. The van der Waals surface area contributed by atoms with Gasteiger partial charge in [-0.3, -0.25) is 9.59 Å². The van der Waals surface area contributed by atoms with Gasteiger partial charge in [-0.2, -0.15) is 0 Å². The molecule has 0 spiro atoms. The van der Waals surface area contributed by atoms with Crippen molar-refractivity contribution in [1.82, 2.24) is 9.80 Å². The lowest BCUT2D eigenvalue weighted by atomic mass is 10.1. The van der Waals surface area contributed by atoms with Crippen molar-refractivity contribution in [2.45, 2.75) is 12.8 Å². The number of methoxy groups -OCH3 is 1. The van der Waals surface area contributed by atoms with Gasteiger partial charge in [-0.1, -0.05) is 24.3 Å². The predicted molar refractivity (Wildman–Crippen MR) is 100 cm³/mol. The Bertz CT molecular complexity index is 810. The summed E-state index contributed by atoms with van der Waals surface area (Å²) >= 11 is 0. The number of nitrogens with zero attached hydrogens (tertiary/aromatic N) is 2. The molecule has 1 aliphatic rings. The lowest BCUT2D eigenvalue weighted by Crippen LogP contribution is -2.38. The Hall–Kier alpha value is -2.89. The first-order valence-corrected chi connectivity index (χ1v) is 9.03. The van der Waals surface area contributed by atoms with Gasteiger partial charge in [0, 0.05) is 31.7 Å². The van der Waals surface area contributed by atoms with Gasteiger partial charge in [0.15, 0.2) is 11.6 Å². The van der Waals surface area contributed by atoms with Crippen molar-refractivity contribution in [1.29, 1.82) is 0 Å². The van der Waals surface area contributed by atoms with Gasteiger partial charge in [-0.15, -0.1) is 0 Å². The molecule has 27 heavy (non-hydrogen) atoms. The van der Waals surface area contributed by atoms with Crippen molar-refractivity contribution < 1.29 is 18.7 Å². The van der Waals surface area contributed by atoms with Gasteiger partial charge in [0.05, 0.1) is 13.5 Å². The lowest BCUT2D eigenvalue weighted by Gasteiger charge is -2.22. The summed E-state index contributed by atoms with van der Waals surface area (Å²) in [5.41, 5.74) is 1.27. The Morgan fingerprint density at radius 2 is 1.70 bits per heavy atom. The van der Waals surface area contributed by atoms with Gasteiger partial charge in [0.1, 0.15) is 0 Å². The minimum atomic E-state index is -0.474. The first-order valence-electron chi connectivity index (χ1n) is 9.03. The third kappa shape index (κ3) is 4.64. The van der Waals surface area contributed by atoms with Crippen LogP contribution in [0.4, 0.5) is 4.39 Å². The van der Waals surface area contributed by atoms with E-state index in [1.165, 1.54) is 19.2 Å². The summed E-state index contributed by atoms with van der Waals surface area (Å²) in [6.45, 7) is 2.19. The number of carbonyl (C=O) groups excluding carboxylic acids is 2. The van der Waals surface area contributed by atoms with Crippen LogP contribution < -0.4 is 4.74 Å². The van der Waals surface area contributed by atoms with E-state index >= 15 is 0 Å². The van der Waals surface area contributed by atoms with E-state index in [9.17, 15) is 14.0 Å². The molecule has 142 valence electrons. The first kappa shape index (κ1) is 18.9. The zero-order chi connectivity index (χ0) is 19.2. The summed E-state index contributed by atoms with van der Waals surface area (Å²) in [7, 11) is 1.41. The van der Waals surface area contributed by atoms with E-state index in [2.05, 4.69) is 0 Å². The second-order valence-electron chi connectivity index (χ2n) is 6.54. The Kier molecular flexibility index (Phi) is 6.06. The minimum Gasteiger partial charge on any atom is -0.494 e. The fourth-order valence-electron chi connectivity index (χ4n) is 3.24. The van der Waals surface area contributed by atoms with Crippen LogP contribution in [0.1, 0.15) is 22.3 Å². The fourth-order valence-corrected chi connectivity index (χ4v) is 3.24. The lowest BCUT2D eigenvalue weighted by molar-refractivity contribution is -0.130. The molecule has 2 amide bonds. The number of hydrogen-bond acceptors (Lipinski definition) is 3. The second kappa shape index (κ2) is 8.66. The summed E-state index contributed by atoms with van der Waals surface area (Å²) < 4.78 is 18.7. The van der Waals surface area contributed by atoms with E-state index in [4.69, 9.17) is 4.74 Å². The molecule has 1 aliphatic heterocycles. The molecule has 0 unspecified atom stereocenters. The number of carbonyl (C=O) groups is 2.